The summed E-state index contributed by atoms with van der Waals surface area (Å²) in [5.74, 6) is -0.0544. The minimum absolute atomic E-state index is 0.140. The monoisotopic (exact) mass is 247 g/mol. The van der Waals surface area contributed by atoms with E-state index >= 15 is 0 Å². The molecule has 0 fully saturated rings. The summed E-state index contributed by atoms with van der Waals surface area (Å²) >= 11 is 5.70. The van der Waals surface area contributed by atoms with E-state index in [-0.39, 0.29) is 11.5 Å². The van der Waals surface area contributed by atoms with Gasteiger partial charge in [0.05, 0.1) is 10.7 Å². The zero-order valence-electron chi connectivity index (χ0n) is 8.85. The van der Waals surface area contributed by atoms with Crippen molar-refractivity contribution < 1.29 is 9.90 Å². The average Bonchev–Trinajstić information content (AvgIpc) is 2.74. The van der Waals surface area contributed by atoms with Crippen LogP contribution >= 0.6 is 11.6 Å². The van der Waals surface area contributed by atoms with E-state index < -0.39 is 0 Å². The molecule has 3 nitrogen and oxygen atoms in total. The first kappa shape index (κ1) is 11.5. The standard InChI is InChI=1S/C13H10ClNO2/c14-10-7-11(15-8-10)13(17)6-5-9-3-1-2-4-12(9)16/h1-8,15-16H/b6-5+. The third kappa shape index (κ3) is 2.77. The molecule has 0 saturated carbocycles. The summed E-state index contributed by atoms with van der Waals surface area (Å²) in [4.78, 5) is 14.4. The number of hydrogen-bond acceptors (Lipinski definition) is 2. The third-order valence-electron chi connectivity index (χ3n) is 2.26. The van der Waals surface area contributed by atoms with E-state index in [1.807, 2.05) is 0 Å². The van der Waals surface area contributed by atoms with E-state index in [0.29, 0.717) is 16.3 Å². The highest BCUT2D eigenvalue weighted by Gasteiger charge is 2.04. The van der Waals surface area contributed by atoms with E-state index in [4.69, 9.17) is 11.6 Å². The molecule has 0 spiro atoms. The molecule has 17 heavy (non-hydrogen) atoms. The van der Waals surface area contributed by atoms with E-state index in [0.717, 1.165) is 0 Å². The Bertz CT molecular complexity index is 572. The van der Waals surface area contributed by atoms with Crippen LogP contribution in [0.15, 0.2) is 42.6 Å². The smallest absolute Gasteiger partial charge is 0.202 e. The third-order valence-corrected chi connectivity index (χ3v) is 2.48. The molecule has 1 aromatic heterocycles. The van der Waals surface area contributed by atoms with Gasteiger partial charge in [-0.05, 0) is 24.3 Å². The summed E-state index contributed by atoms with van der Waals surface area (Å²) in [6.45, 7) is 0. The van der Waals surface area contributed by atoms with Gasteiger partial charge in [-0.25, -0.2) is 0 Å². The quantitative estimate of drug-likeness (QED) is 0.646. The SMILES string of the molecule is O=C(/C=C/c1ccccc1O)c1cc(Cl)c[nH]1. The molecule has 2 aromatic rings. The van der Waals surface area contributed by atoms with Crippen LogP contribution < -0.4 is 0 Å². The van der Waals surface area contributed by atoms with Crippen molar-refractivity contribution in [2.24, 2.45) is 0 Å². The van der Waals surface area contributed by atoms with E-state index in [2.05, 4.69) is 4.98 Å². The Morgan fingerprint density at radius 2 is 2.12 bits per heavy atom. The van der Waals surface area contributed by atoms with Crippen molar-refractivity contribution in [3.63, 3.8) is 0 Å². The summed E-state index contributed by atoms with van der Waals surface area (Å²) in [6, 6.07) is 8.35. The van der Waals surface area contributed by atoms with Gasteiger partial charge in [0.25, 0.3) is 0 Å². The second-order valence-corrected chi connectivity index (χ2v) is 3.92. The van der Waals surface area contributed by atoms with Crippen LogP contribution in [-0.4, -0.2) is 15.9 Å². The summed E-state index contributed by atoms with van der Waals surface area (Å²) in [6.07, 6.45) is 4.49. The predicted octanol–water partition coefficient (Wildman–Crippen LogP) is 3.27. The maximum atomic E-state index is 11.7. The summed E-state index contributed by atoms with van der Waals surface area (Å²) in [7, 11) is 0. The van der Waals surface area contributed by atoms with Gasteiger partial charge in [-0.1, -0.05) is 29.8 Å². The molecular formula is C13H10ClNO2. The molecule has 1 aromatic carbocycles. The molecule has 86 valence electrons. The molecule has 0 unspecified atom stereocenters. The summed E-state index contributed by atoms with van der Waals surface area (Å²) < 4.78 is 0. The van der Waals surface area contributed by atoms with Crippen LogP contribution in [0.4, 0.5) is 0 Å². The number of halogens is 1. The van der Waals surface area contributed by atoms with Gasteiger partial charge >= 0.3 is 0 Å². The number of hydrogen-bond donors (Lipinski definition) is 2. The maximum absolute atomic E-state index is 11.7. The lowest BCUT2D eigenvalue weighted by atomic mass is 10.1. The Morgan fingerprint density at radius 1 is 1.35 bits per heavy atom. The first-order valence-electron chi connectivity index (χ1n) is 5.01. The number of ketones is 1. The fourth-order valence-corrected chi connectivity index (χ4v) is 1.56. The number of carbonyl (C=O) groups is 1. The van der Waals surface area contributed by atoms with E-state index in [1.165, 1.54) is 6.08 Å². The number of phenolic OH excluding ortho intramolecular Hbond substituents is 1. The highest BCUT2D eigenvalue weighted by Crippen LogP contribution is 2.17. The Labute approximate surface area is 103 Å². The van der Waals surface area contributed by atoms with Crippen LogP contribution in [-0.2, 0) is 0 Å². The van der Waals surface area contributed by atoms with Crippen molar-refractivity contribution in [2.45, 2.75) is 0 Å². The molecule has 0 aliphatic heterocycles. The minimum Gasteiger partial charge on any atom is -0.507 e. The molecule has 0 amide bonds. The molecule has 0 bridgehead atoms. The predicted molar refractivity (Wildman–Crippen MR) is 67.3 cm³/mol. The largest absolute Gasteiger partial charge is 0.507 e. The van der Waals surface area contributed by atoms with Gasteiger partial charge in [0.1, 0.15) is 5.75 Å². The lowest BCUT2D eigenvalue weighted by Crippen LogP contribution is -1.93. The number of phenols is 1. The number of aromatic nitrogens is 1. The molecule has 4 heteroatoms. The number of carbonyl (C=O) groups excluding carboxylic acids is 1. The Balaban J connectivity index is 2.17. The van der Waals surface area contributed by atoms with E-state index in [9.17, 15) is 9.90 Å². The van der Waals surface area contributed by atoms with Crippen LogP contribution in [0.2, 0.25) is 5.02 Å². The lowest BCUT2D eigenvalue weighted by molar-refractivity contribution is 0.104. The van der Waals surface area contributed by atoms with Gasteiger partial charge < -0.3 is 10.1 Å². The molecule has 0 radical (unpaired) electrons. The number of H-pyrrole nitrogens is 1. The molecule has 0 atom stereocenters. The number of aromatic amines is 1. The van der Waals surface area contributed by atoms with Crippen molar-refractivity contribution in [1.82, 2.24) is 4.98 Å². The Kier molecular flexibility index (Phi) is 3.30. The van der Waals surface area contributed by atoms with Gasteiger partial charge in [-0.3, -0.25) is 4.79 Å². The lowest BCUT2D eigenvalue weighted by Gasteiger charge is -1.96. The topological polar surface area (TPSA) is 53.1 Å². The van der Waals surface area contributed by atoms with Crippen LogP contribution in [0.1, 0.15) is 16.1 Å². The second kappa shape index (κ2) is 4.89. The normalized spacial score (nSPS) is 10.9. The number of allylic oxidation sites excluding steroid dienone is 1. The van der Waals surface area contributed by atoms with Gasteiger partial charge in [0.15, 0.2) is 0 Å². The molecule has 2 rings (SSSR count). The number of rotatable bonds is 3. The molecule has 2 N–H and O–H groups in total. The zero-order chi connectivity index (χ0) is 12.3. The van der Waals surface area contributed by atoms with Crippen LogP contribution in [0.3, 0.4) is 0 Å². The first-order valence-corrected chi connectivity index (χ1v) is 5.39. The van der Waals surface area contributed by atoms with Gasteiger partial charge in [0.2, 0.25) is 5.78 Å². The second-order valence-electron chi connectivity index (χ2n) is 3.49. The van der Waals surface area contributed by atoms with Crippen LogP contribution in [0, 0.1) is 0 Å². The number of benzene rings is 1. The molecule has 0 saturated heterocycles. The summed E-state index contributed by atoms with van der Waals surface area (Å²) in [5.41, 5.74) is 1.01. The molecule has 0 aliphatic rings. The number of nitrogens with one attached hydrogen (secondary N) is 1. The molecular weight excluding hydrogens is 238 g/mol. The minimum atomic E-state index is -0.194. The highest BCUT2D eigenvalue weighted by molar-refractivity contribution is 6.31. The van der Waals surface area contributed by atoms with Crippen LogP contribution in [0.25, 0.3) is 6.08 Å². The van der Waals surface area contributed by atoms with Crippen molar-refractivity contribution in [1.29, 1.82) is 0 Å². The van der Waals surface area contributed by atoms with Gasteiger partial charge in [-0.15, -0.1) is 0 Å². The average molecular weight is 248 g/mol. The number of para-hydroxylation sites is 1. The summed E-state index contributed by atoms with van der Waals surface area (Å²) in [5, 5.41) is 10.00. The van der Waals surface area contributed by atoms with Crippen LogP contribution in [0.5, 0.6) is 5.75 Å². The Morgan fingerprint density at radius 3 is 2.76 bits per heavy atom. The fraction of sp³-hybridized carbons (Fsp3) is 0. The zero-order valence-corrected chi connectivity index (χ0v) is 9.61. The van der Waals surface area contributed by atoms with Gasteiger partial charge in [-0.2, -0.15) is 0 Å². The number of aromatic hydroxyl groups is 1. The Hall–Kier alpha value is -2.00. The molecule has 1 heterocycles. The van der Waals surface area contributed by atoms with Crippen molar-refractivity contribution in [3.8, 4) is 5.75 Å². The van der Waals surface area contributed by atoms with Crippen molar-refractivity contribution >= 4 is 23.5 Å². The van der Waals surface area contributed by atoms with Gasteiger partial charge in [0, 0.05) is 11.8 Å². The first-order chi connectivity index (χ1) is 8.16. The van der Waals surface area contributed by atoms with Crippen molar-refractivity contribution in [2.75, 3.05) is 0 Å². The van der Waals surface area contributed by atoms with Crippen molar-refractivity contribution in [3.05, 3.63) is 58.9 Å². The highest BCUT2D eigenvalue weighted by atomic mass is 35.5. The molecule has 0 aliphatic carbocycles. The maximum Gasteiger partial charge on any atom is 0.202 e. The van der Waals surface area contributed by atoms with E-state index in [1.54, 1.807) is 42.6 Å². The fourth-order valence-electron chi connectivity index (χ4n) is 1.39.